The van der Waals surface area contributed by atoms with E-state index in [2.05, 4.69) is 20.9 Å². The van der Waals surface area contributed by atoms with Gasteiger partial charge in [-0.25, -0.2) is 9.37 Å². The number of thioether (sulfide) groups is 1. The second kappa shape index (κ2) is 15.0. The van der Waals surface area contributed by atoms with E-state index in [9.17, 15) is 18.8 Å². The van der Waals surface area contributed by atoms with Crippen molar-refractivity contribution in [1.29, 1.82) is 0 Å². The van der Waals surface area contributed by atoms with Crippen LogP contribution in [0.5, 0.6) is 0 Å². The molecule has 224 valence electrons. The smallest absolute Gasteiger partial charge is 0.272 e. The molecule has 5 aromatic rings. The first kappa shape index (κ1) is 31.2. The number of pyridine rings is 1. The number of halogens is 2. The maximum absolute atomic E-state index is 13.5. The normalized spacial score (nSPS) is 11.7. The number of amides is 3. The molecule has 0 aliphatic carbocycles. The van der Waals surface area contributed by atoms with E-state index in [1.54, 1.807) is 60.7 Å². The Morgan fingerprint density at radius 2 is 1.51 bits per heavy atom. The third-order valence-electron chi connectivity index (χ3n) is 6.37. The molecule has 3 amide bonds. The molecule has 10 heteroatoms. The molecule has 0 saturated carbocycles. The lowest BCUT2D eigenvalue weighted by atomic mass is 10.1. The summed E-state index contributed by atoms with van der Waals surface area (Å²) < 4.78 is 13.5. The molecule has 0 bridgehead atoms. The lowest BCUT2D eigenvalue weighted by Gasteiger charge is -2.17. The minimum atomic E-state index is -0.645. The Labute approximate surface area is 268 Å². The van der Waals surface area contributed by atoms with Crippen LogP contribution in [0.2, 0.25) is 5.02 Å². The Kier molecular flexibility index (Phi) is 10.4. The first-order valence-corrected chi connectivity index (χ1v) is 15.0. The highest BCUT2D eigenvalue weighted by molar-refractivity contribution is 8.00. The highest BCUT2D eigenvalue weighted by Gasteiger charge is 2.23. The van der Waals surface area contributed by atoms with Gasteiger partial charge in [-0.05, 0) is 71.8 Å². The zero-order valence-corrected chi connectivity index (χ0v) is 25.2. The highest BCUT2D eigenvalue weighted by Crippen LogP contribution is 2.37. The number of nitrogens with one attached hydrogen (secondary N) is 3. The Morgan fingerprint density at radius 1 is 0.800 bits per heavy atom. The van der Waals surface area contributed by atoms with Crippen LogP contribution in [-0.4, -0.2) is 22.7 Å². The summed E-state index contributed by atoms with van der Waals surface area (Å²) in [6.07, 6.45) is 2.92. The fourth-order valence-corrected chi connectivity index (χ4v) is 5.39. The predicted octanol–water partition coefficient (Wildman–Crippen LogP) is 7.76. The fraction of sp³-hybridized carbons (Fsp3) is 0.0286. The molecule has 0 saturated heterocycles. The Morgan fingerprint density at radius 3 is 2.20 bits per heavy atom. The van der Waals surface area contributed by atoms with E-state index in [0.717, 1.165) is 5.56 Å². The molecule has 45 heavy (non-hydrogen) atoms. The number of carbonyl (C=O) groups is 3. The SMILES string of the molecule is O=C(Nc1cccc(SC(C(=O)Nc2ccc(Cl)cn2)c2ccccc2)c1)/C(=C/c1ccc(F)cc1)NC(=O)c1ccccc1. The fourth-order valence-electron chi connectivity index (χ4n) is 4.19. The van der Waals surface area contributed by atoms with Crippen LogP contribution in [0.15, 0.2) is 138 Å². The molecule has 1 atom stereocenters. The van der Waals surface area contributed by atoms with Gasteiger partial charge in [0.05, 0.1) is 5.02 Å². The number of rotatable bonds is 10. The maximum atomic E-state index is 13.5. The second-order valence-electron chi connectivity index (χ2n) is 9.67. The molecule has 0 fully saturated rings. The zero-order chi connectivity index (χ0) is 31.6. The van der Waals surface area contributed by atoms with Crippen LogP contribution < -0.4 is 16.0 Å². The van der Waals surface area contributed by atoms with Gasteiger partial charge in [-0.2, -0.15) is 0 Å². The molecule has 4 aromatic carbocycles. The van der Waals surface area contributed by atoms with Gasteiger partial charge in [0.25, 0.3) is 11.8 Å². The van der Waals surface area contributed by atoms with Crippen molar-refractivity contribution in [1.82, 2.24) is 10.3 Å². The molecular formula is C35H26ClFN4O3S. The van der Waals surface area contributed by atoms with E-state index in [0.29, 0.717) is 32.6 Å². The van der Waals surface area contributed by atoms with E-state index in [1.807, 2.05) is 36.4 Å². The Bertz CT molecular complexity index is 1820. The molecule has 0 aliphatic heterocycles. The molecule has 7 nitrogen and oxygen atoms in total. The van der Waals surface area contributed by atoms with Gasteiger partial charge in [0, 0.05) is 22.3 Å². The number of hydrogen-bond donors (Lipinski definition) is 3. The third kappa shape index (κ3) is 8.88. The molecule has 0 aliphatic rings. The summed E-state index contributed by atoms with van der Waals surface area (Å²) >= 11 is 7.23. The van der Waals surface area contributed by atoms with Crippen LogP contribution in [0.1, 0.15) is 26.7 Å². The van der Waals surface area contributed by atoms with E-state index < -0.39 is 22.9 Å². The van der Waals surface area contributed by atoms with Crippen LogP contribution in [0.3, 0.4) is 0 Å². The Balaban J connectivity index is 1.37. The summed E-state index contributed by atoms with van der Waals surface area (Å²) in [7, 11) is 0. The number of benzene rings is 4. The van der Waals surface area contributed by atoms with Crippen molar-refractivity contribution >= 4 is 58.7 Å². The summed E-state index contributed by atoms with van der Waals surface area (Å²) in [6.45, 7) is 0. The lowest BCUT2D eigenvalue weighted by Crippen LogP contribution is -2.30. The zero-order valence-electron chi connectivity index (χ0n) is 23.6. The van der Waals surface area contributed by atoms with Crippen molar-refractivity contribution in [2.75, 3.05) is 10.6 Å². The molecule has 0 radical (unpaired) electrons. The molecule has 1 heterocycles. The monoisotopic (exact) mass is 636 g/mol. The largest absolute Gasteiger partial charge is 0.321 e. The van der Waals surface area contributed by atoms with Crippen molar-refractivity contribution < 1.29 is 18.8 Å². The summed E-state index contributed by atoms with van der Waals surface area (Å²) in [4.78, 5) is 44.7. The first-order valence-electron chi connectivity index (χ1n) is 13.7. The van der Waals surface area contributed by atoms with Crippen LogP contribution in [0.4, 0.5) is 15.9 Å². The van der Waals surface area contributed by atoms with E-state index in [4.69, 9.17) is 11.6 Å². The van der Waals surface area contributed by atoms with Crippen LogP contribution in [0, 0.1) is 5.82 Å². The minimum Gasteiger partial charge on any atom is -0.321 e. The van der Waals surface area contributed by atoms with E-state index in [1.165, 1.54) is 48.3 Å². The molecule has 0 spiro atoms. The summed E-state index contributed by atoms with van der Waals surface area (Å²) in [5.74, 6) is -1.41. The maximum Gasteiger partial charge on any atom is 0.272 e. The Hall–Kier alpha value is -5.25. The van der Waals surface area contributed by atoms with E-state index >= 15 is 0 Å². The van der Waals surface area contributed by atoms with Gasteiger partial charge >= 0.3 is 0 Å². The van der Waals surface area contributed by atoms with Gasteiger partial charge < -0.3 is 16.0 Å². The van der Waals surface area contributed by atoms with Gasteiger partial charge in [0.1, 0.15) is 22.6 Å². The van der Waals surface area contributed by atoms with Crippen molar-refractivity contribution in [3.63, 3.8) is 0 Å². The van der Waals surface area contributed by atoms with Crippen molar-refractivity contribution in [3.8, 4) is 0 Å². The van der Waals surface area contributed by atoms with Gasteiger partial charge in [0.2, 0.25) is 5.91 Å². The molecular weight excluding hydrogens is 611 g/mol. The van der Waals surface area contributed by atoms with Gasteiger partial charge in [-0.15, -0.1) is 11.8 Å². The topological polar surface area (TPSA) is 100 Å². The van der Waals surface area contributed by atoms with Gasteiger partial charge in [-0.3, -0.25) is 14.4 Å². The van der Waals surface area contributed by atoms with Gasteiger partial charge in [0.15, 0.2) is 0 Å². The average molecular weight is 637 g/mol. The summed E-state index contributed by atoms with van der Waals surface area (Å²) in [5.41, 5.74) is 2.07. The van der Waals surface area contributed by atoms with Crippen LogP contribution in [0.25, 0.3) is 6.08 Å². The van der Waals surface area contributed by atoms with Crippen molar-refractivity contribution in [3.05, 3.63) is 161 Å². The first-order chi connectivity index (χ1) is 21.8. The molecule has 1 aromatic heterocycles. The number of aromatic nitrogens is 1. The highest BCUT2D eigenvalue weighted by atomic mass is 35.5. The predicted molar refractivity (Wildman–Crippen MR) is 176 cm³/mol. The van der Waals surface area contributed by atoms with Gasteiger partial charge in [-0.1, -0.05) is 78.3 Å². The molecule has 3 N–H and O–H groups in total. The van der Waals surface area contributed by atoms with E-state index in [-0.39, 0.29) is 11.6 Å². The quantitative estimate of drug-likeness (QED) is 0.107. The number of carbonyl (C=O) groups excluding carboxylic acids is 3. The average Bonchev–Trinajstić information content (AvgIpc) is 3.06. The standard InChI is InChI=1S/C35H26ClFN4O3S/c36-26-16-19-31(38-22-26)41-35(44)32(24-8-3-1-4-9-24)45-29-13-7-12-28(21-29)39-34(43)30(20-23-14-17-27(37)18-15-23)40-33(42)25-10-5-2-6-11-25/h1-22,32H,(H,39,43)(H,40,42)(H,38,41,44)/b30-20-. The number of nitrogens with zero attached hydrogens (tertiary/aromatic N) is 1. The molecule has 5 rings (SSSR count). The van der Waals surface area contributed by atoms with Crippen molar-refractivity contribution in [2.45, 2.75) is 10.1 Å². The minimum absolute atomic E-state index is 0.0366. The second-order valence-corrected chi connectivity index (χ2v) is 11.3. The number of anilines is 2. The molecule has 1 unspecified atom stereocenters. The van der Waals surface area contributed by atoms with Crippen molar-refractivity contribution in [2.24, 2.45) is 0 Å². The lowest BCUT2D eigenvalue weighted by molar-refractivity contribution is -0.116. The third-order valence-corrected chi connectivity index (χ3v) is 7.85. The summed E-state index contributed by atoms with van der Waals surface area (Å²) in [6, 6.07) is 33.6. The summed E-state index contributed by atoms with van der Waals surface area (Å²) in [5, 5.41) is 8.14. The number of hydrogen-bond acceptors (Lipinski definition) is 5. The van der Waals surface area contributed by atoms with Crippen LogP contribution >= 0.6 is 23.4 Å². The van der Waals surface area contributed by atoms with Crippen LogP contribution in [-0.2, 0) is 9.59 Å².